The molecule has 0 aliphatic carbocycles. The summed E-state index contributed by atoms with van der Waals surface area (Å²) in [5, 5.41) is 10.2. The first kappa shape index (κ1) is 16.8. The van der Waals surface area contributed by atoms with Crippen molar-refractivity contribution in [1.82, 2.24) is 0 Å². The van der Waals surface area contributed by atoms with E-state index in [0.29, 0.717) is 6.61 Å². The van der Waals surface area contributed by atoms with Crippen LogP contribution in [-0.2, 0) is 16.1 Å². The highest BCUT2D eigenvalue weighted by molar-refractivity contribution is 6.76. The standard InChI is InChI=1S/C14H16Cl3NO3/c1-13(9-21-12(18-13)14(15,16)17)11(19)8-20-7-10-5-3-2-4-6-10/h2-6,11,19H,7-9H2,1H3/t11-,13+/m1/s1. The second-order valence-electron chi connectivity index (χ2n) is 5.08. The molecule has 0 saturated heterocycles. The molecule has 0 spiro atoms. The first-order chi connectivity index (χ1) is 9.81. The second-order valence-corrected chi connectivity index (χ2v) is 7.36. The van der Waals surface area contributed by atoms with Gasteiger partial charge >= 0.3 is 0 Å². The highest BCUT2D eigenvalue weighted by Crippen LogP contribution is 2.35. The number of rotatable bonds is 5. The van der Waals surface area contributed by atoms with Gasteiger partial charge in [0, 0.05) is 0 Å². The molecule has 1 heterocycles. The summed E-state index contributed by atoms with van der Waals surface area (Å²) in [7, 11) is 0. The summed E-state index contributed by atoms with van der Waals surface area (Å²) >= 11 is 17.2. The summed E-state index contributed by atoms with van der Waals surface area (Å²) < 4.78 is 9.04. The summed E-state index contributed by atoms with van der Waals surface area (Å²) in [4.78, 5) is 4.19. The summed E-state index contributed by atoms with van der Waals surface area (Å²) in [6.07, 6.45) is -0.855. The molecule has 4 nitrogen and oxygen atoms in total. The molecule has 2 rings (SSSR count). The van der Waals surface area contributed by atoms with Crippen LogP contribution >= 0.6 is 34.8 Å². The van der Waals surface area contributed by atoms with Crippen molar-refractivity contribution in [3.8, 4) is 0 Å². The third-order valence-electron chi connectivity index (χ3n) is 3.21. The van der Waals surface area contributed by atoms with E-state index in [2.05, 4.69) is 4.99 Å². The molecule has 0 bridgehead atoms. The lowest BCUT2D eigenvalue weighted by Crippen LogP contribution is -2.42. The normalized spacial score (nSPS) is 23.6. The average molecular weight is 353 g/mol. The molecular formula is C14H16Cl3NO3. The summed E-state index contributed by atoms with van der Waals surface area (Å²) in [6, 6.07) is 9.69. The second kappa shape index (κ2) is 6.71. The molecule has 1 N–H and O–H groups in total. The highest BCUT2D eigenvalue weighted by Gasteiger charge is 2.44. The molecule has 21 heavy (non-hydrogen) atoms. The van der Waals surface area contributed by atoms with Crippen molar-refractivity contribution in [2.45, 2.75) is 29.0 Å². The maximum atomic E-state index is 10.2. The topological polar surface area (TPSA) is 51.0 Å². The number of nitrogens with zero attached hydrogens (tertiary/aromatic N) is 1. The van der Waals surface area contributed by atoms with Gasteiger partial charge in [0.25, 0.3) is 3.79 Å². The van der Waals surface area contributed by atoms with Crippen molar-refractivity contribution in [2.75, 3.05) is 13.2 Å². The lowest BCUT2D eigenvalue weighted by molar-refractivity contribution is -0.0132. The van der Waals surface area contributed by atoms with Crippen molar-refractivity contribution >= 4 is 40.7 Å². The molecule has 0 aromatic heterocycles. The fourth-order valence-electron chi connectivity index (χ4n) is 1.87. The minimum absolute atomic E-state index is 0.00268. The summed E-state index contributed by atoms with van der Waals surface area (Å²) in [6.45, 7) is 2.40. The summed E-state index contributed by atoms with van der Waals surface area (Å²) in [5.41, 5.74) is 0.152. The number of hydrogen-bond acceptors (Lipinski definition) is 4. The minimum Gasteiger partial charge on any atom is -0.475 e. The molecular weight excluding hydrogens is 337 g/mol. The average Bonchev–Trinajstić information content (AvgIpc) is 2.84. The minimum atomic E-state index is -1.72. The van der Waals surface area contributed by atoms with Crippen molar-refractivity contribution in [1.29, 1.82) is 0 Å². The zero-order valence-corrected chi connectivity index (χ0v) is 13.7. The maximum Gasteiger partial charge on any atom is 0.266 e. The smallest absolute Gasteiger partial charge is 0.266 e. The van der Waals surface area contributed by atoms with Gasteiger partial charge in [-0.1, -0.05) is 65.1 Å². The van der Waals surface area contributed by atoms with E-state index in [1.165, 1.54) is 0 Å². The number of ether oxygens (including phenoxy) is 2. The van der Waals surface area contributed by atoms with E-state index in [1.54, 1.807) is 6.92 Å². The van der Waals surface area contributed by atoms with Crippen molar-refractivity contribution in [2.24, 2.45) is 4.99 Å². The van der Waals surface area contributed by atoms with Gasteiger partial charge in [-0.25, -0.2) is 4.99 Å². The lowest BCUT2D eigenvalue weighted by Gasteiger charge is -2.25. The van der Waals surface area contributed by atoms with Crippen LogP contribution in [0.5, 0.6) is 0 Å². The Labute approximate surface area is 138 Å². The first-order valence-electron chi connectivity index (χ1n) is 6.41. The van der Waals surface area contributed by atoms with Crippen LogP contribution in [0.1, 0.15) is 12.5 Å². The van der Waals surface area contributed by atoms with Gasteiger partial charge in [-0.2, -0.15) is 0 Å². The number of alkyl halides is 3. The quantitative estimate of drug-likeness (QED) is 0.828. The molecule has 0 unspecified atom stereocenters. The molecule has 7 heteroatoms. The SMILES string of the molecule is C[C@@]1([C@H](O)COCc2ccccc2)COC(C(Cl)(Cl)Cl)=N1. The monoisotopic (exact) mass is 351 g/mol. The molecule has 1 aliphatic rings. The van der Waals surface area contributed by atoms with Crippen LogP contribution in [0, 0.1) is 0 Å². The predicted octanol–water partition coefficient (Wildman–Crippen LogP) is 3.12. The van der Waals surface area contributed by atoms with Crippen molar-refractivity contribution < 1.29 is 14.6 Å². The van der Waals surface area contributed by atoms with E-state index in [9.17, 15) is 5.11 Å². The molecule has 0 amide bonds. The van der Waals surface area contributed by atoms with E-state index in [-0.39, 0.29) is 19.1 Å². The van der Waals surface area contributed by atoms with Crippen LogP contribution in [-0.4, -0.2) is 39.7 Å². The van der Waals surface area contributed by atoms with Crippen LogP contribution in [0.4, 0.5) is 0 Å². The Morgan fingerprint density at radius 1 is 1.38 bits per heavy atom. The van der Waals surface area contributed by atoms with Gasteiger partial charge in [0.1, 0.15) is 18.2 Å². The van der Waals surface area contributed by atoms with E-state index in [1.807, 2.05) is 30.3 Å². The van der Waals surface area contributed by atoms with Crippen LogP contribution in [0.15, 0.2) is 35.3 Å². The molecule has 2 atom stereocenters. The molecule has 1 aromatic rings. The Morgan fingerprint density at radius 3 is 2.62 bits per heavy atom. The number of benzene rings is 1. The fraction of sp³-hybridized carbons (Fsp3) is 0.500. The molecule has 0 radical (unpaired) electrons. The highest BCUT2D eigenvalue weighted by atomic mass is 35.6. The van der Waals surface area contributed by atoms with Crippen molar-refractivity contribution in [3.63, 3.8) is 0 Å². The molecule has 1 aromatic carbocycles. The van der Waals surface area contributed by atoms with Crippen molar-refractivity contribution in [3.05, 3.63) is 35.9 Å². The molecule has 116 valence electrons. The summed E-state index contributed by atoms with van der Waals surface area (Å²) in [5.74, 6) is -0.00268. The number of aliphatic hydroxyl groups is 1. The third-order valence-corrected chi connectivity index (χ3v) is 3.69. The van der Waals surface area contributed by atoms with E-state index in [4.69, 9.17) is 44.3 Å². The molecule has 0 fully saturated rings. The Kier molecular flexibility index (Phi) is 5.38. The van der Waals surface area contributed by atoms with E-state index in [0.717, 1.165) is 5.56 Å². The van der Waals surface area contributed by atoms with Crippen LogP contribution < -0.4 is 0 Å². The first-order valence-corrected chi connectivity index (χ1v) is 7.54. The Morgan fingerprint density at radius 2 is 2.05 bits per heavy atom. The zero-order valence-electron chi connectivity index (χ0n) is 11.4. The van der Waals surface area contributed by atoms with Crippen LogP contribution in [0.3, 0.4) is 0 Å². The van der Waals surface area contributed by atoms with Gasteiger partial charge in [-0.3, -0.25) is 0 Å². The van der Waals surface area contributed by atoms with Gasteiger partial charge in [0.2, 0.25) is 5.90 Å². The Balaban J connectivity index is 1.89. The number of halogens is 3. The van der Waals surface area contributed by atoms with Gasteiger partial charge < -0.3 is 14.6 Å². The fourth-order valence-corrected chi connectivity index (χ4v) is 2.16. The van der Waals surface area contributed by atoms with Gasteiger partial charge in [0.15, 0.2) is 0 Å². The predicted molar refractivity (Wildman–Crippen MR) is 84.2 cm³/mol. The van der Waals surface area contributed by atoms with E-state index < -0.39 is 15.4 Å². The molecule has 0 saturated carbocycles. The number of aliphatic hydroxyl groups excluding tert-OH is 1. The van der Waals surface area contributed by atoms with Crippen LogP contribution in [0.25, 0.3) is 0 Å². The zero-order chi connectivity index (χ0) is 15.5. The molecule has 1 aliphatic heterocycles. The van der Waals surface area contributed by atoms with Gasteiger partial charge in [0.05, 0.1) is 13.2 Å². The third kappa shape index (κ3) is 4.47. The maximum absolute atomic E-state index is 10.2. The Hall–Kier alpha value is -0.520. The van der Waals surface area contributed by atoms with Gasteiger partial charge in [-0.05, 0) is 12.5 Å². The van der Waals surface area contributed by atoms with E-state index >= 15 is 0 Å². The largest absolute Gasteiger partial charge is 0.475 e. The Bertz CT molecular complexity index is 504. The number of aliphatic imine (C=N–C) groups is 1. The van der Waals surface area contributed by atoms with Gasteiger partial charge in [-0.15, -0.1) is 0 Å². The number of hydrogen-bond donors (Lipinski definition) is 1. The lowest BCUT2D eigenvalue weighted by atomic mass is 9.98. The van der Waals surface area contributed by atoms with Crippen LogP contribution in [0.2, 0.25) is 0 Å².